The van der Waals surface area contributed by atoms with E-state index in [2.05, 4.69) is 39.1 Å². The van der Waals surface area contributed by atoms with Gasteiger partial charge in [0.15, 0.2) is 0 Å². The molecule has 0 aliphatic carbocycles. The van der Waals surface area contributed by atoms with E-state index in [9.17, 15) is 19.2 Å². The van der Waals surface area contributed by atoms with Crippen LogP contribution < -0.4 is 0 Å². The van der Waals surface area contributed by atoms with E-state index in [-0.39, 0.29) is 11.1 Å². The molecule has 0 radical (unpaired) electrons. The van der Waals surface area contributed by atoms with Gasteiger partial charge in [0, 0.05) is 0 Å². The molecule has 0 spiro atoms. The van der Waals surface area contributed by atoms with Gasteiger partial charge in [-0.2, -0.15) is 0 Å². The highest BCUT2D eigenvalue weighted by Crippen LogP contribution is 2.12. The molecule has 0 unspecified atom stereocenters. The molecule has 12 heteroatoms. The van der Waals surface area contributed by atoms with Gasteiger partial charge < -0.3 is 9.47 Å². The summed E-state index contributed by atoms with van der Waals surface area (Å²) in [4.78, 5) is 63.0. The molecule has 12 nitrogen and oxygen atoms in total. The molecule has 0 aromatic heterocycles. The minimum Gasteiger partial charge on any atom is -0.429 e. The van der Waals surface area contributed by atoms with E-state index in [0.717, 1.165) is 22.3 Å². The van der Waals surface area contributed by atoms with Gasteiger partial charge in [0.1, 0.15) is 13.2 Å². The van der Waals surface area contributed by atoms with Gasteiger partial charge >= 0.3 is 24.2 Å². The fourth-order valence-corrected chi connectivity index (χ4v) is 2.28. The monoisotopic (exact) mass is 478 g/mol. The Morgan fingerprint density at radius 3 is 1.29 bits per heavy atom. The Kier molecular flexibility index (Phi) is 9.80. The SMILES string of the molecule is Cc1ccc(C(=O)OOOC(=O)OCCOC(=O)OOOC(=O)c2ccc(C)c(C)c2)cc1C. The summed E-state index contributed by atoms with van der Waals surface area (Å²) >= 11 is 0. The Morgan fingerprint density at radius 2 is 0.941 bits per heavy atom. The van der Waals surface area contributed by atoms with Gasteiger partial charge in [-0.15, -0.1) is 0 Å². The summed E-state index contributed by atoms with van der Waals surface area (Å²) in [6.45, 7) is 6.43. The number of benzene rings is 2. The van der Waals surface area contributed by atoms with Gasteiger partial charge in [-0.3, -0.25) is 9.78 Å². The van der Waals surface area contributed by atoms with E-state index in [1.807, 2.05) is 27.7 Å². The number of carbonyl (C=O) groups is 4. The Labute approximate surface area is 193 Å². The maximum absolute atomic E-state index is 11.8. The van der Waals surface area contributed by atoms with E-state index in [0.29, 0.717) is 0 Å². The molecule has 0 N–H and O–H groups in total. The second kappa shape index (κ2) is 12.8. The van der Waals surface area contributed by atoms with Crippen LogP contribution in [-0.4, -0.2) is 37.5 Å². The van der Waals surface area contributed by atoms with Crippen LogP contribution in [0.2, 0.25) is 0 Å². The zero-order valence-electron chi connectivity index (χ0n) is 18.8. The van der Waals surface area contributed by atoms with E-state index in [1.165, 1.54) is 12.1 Å². The first-order chi connectivity index (χ1) is 16.2. The summed E-state index contributed by atoms with van der Waals surface area (Å²) < 4.78 is 9.00. The van der Waals surface area contributed by atoms with Gasteiger partial charge in [0.05, 0.1) is 21.2 Å². The molecule has 0 atom stereocenters. The Balaban J connectivity index is 1.54. The van der Waals surface area contributed by atoms with Gasteiger partial charge in [0.25, 0.3) is 0 Å². The predicted molar refractivity (Wildman–Crippen MR) is 110 cm³/mol. The lowest BCUT2D eigenvalue weighted by molar-refractivity contribution is -0.453. The lowest BCUT2D eigenvalue weighted by atomic mass is 10.1. The van der Waals surface area contributed by atoms with Crippen LogP contribution in [0.3, 0.4) is 0 Å². The molecule has 34 heavy (non-hydrogen) atoms. The van der Waals surface area contributed by atoms with Crippen LogP contribution in [0.5, 0.6) is 0 Å². The average molecular weight is 478 g/mol. The van der Waals surface area contributed by atoms with Crippen molar-refractivity contribution in [3.05, 3.63) is 69.8 Å². The van der Waals surface area contributed by atoms with Crippen molar-refractivity contribution in [1.82, 2.24) is 0 Å². The van der Waals surface area contributed by atoms with E-state index in [4.69, 9.17) is 0 Å². The Morgan fingerprint density at radius 1 is 0.559 bits per heavy atom. The minimum atomic E-state index is -1.37. The number of carbonyl (C=O) groups excluding carboxylic acids is 4. The first-order valence-corrected chi connectivity index (χ1v) is 9.76. The fourth-order valence-electron chi connectivity index (χ4n) is 2.28. The fraction of sp³-hybridized carbons (Fsp3) is 0.273. The van der Waals surface area contributed by atoms with Crippen molar-refractivity contribution in [3.8, 4) is 0 Å². The second-order valence-electron chi connectivity index (χ2n) is 6.84. The van der Waals surface area contributed by atoms with Gasteiger partial charge in [-0.05, 0) is 74.2 Å². The summed E-state index contributed by atoms with van der Waals surface area (Å²) in [6.07, 6.45) is -2.74. The van der Waals surface area contributed by atoms with Crippen LogP contribution in [0.15, 0.2) is 36.4 Å². The second-order valence-corrected chi connectivity index (χ2v) is 6.84. The van der Waals surface area contributed by atoms with E-state index in [1.54, 1.807) is 24.3 Å². The van der Waals surface area contributed by atoms with Crippen molar-refractivity contribution in [1.29, 1.82) is 0 Å². The molecule has 2 aromatic carbocycles. The molecular weight excluding hydrogens is 456 g/mol. The summed E-state index contributed by atoms with van der Waals surface area (Å²) in [5.74, 6) is -1.78. The van der Waals surface area contributed by atoms with Gasteiger partial charge in [-0.1, -0.05) is 12.1 Å². The van der Waals surface area contributed by atoms with Crippen molar-refractivity contribution in [3.63, 3.8) is 0 Å². The third kappa shape index (κ3) is 8.41. The average Bonchev–Trinajstić information content (AvgIpc) is 2.80. The maximum atomic E-state index is 11.8. The number of ether oxygens (including phenoxy) is 2. The molecule has 0 aliphatic rings. The quantitative estimate of drug-likeness (QED) is 0.223. The zero-order chi connectivity index (χ0) is 25.1. The van der Waals surface area contributed by atoms with E-state index < -0.39 is 37.5 Å². The van der Waals surface area contributed by atoms with Crippen LogP contribution in [0.25, 0.3) is 0 Å². The highest BCUT2D eigenvalue weighted by atomic mass is 17.5. The summed E-state index contributed by atoms with van der Waals surface area (Å²) in [5.41, 5.74) is 4.06. The highest BCUT2D eigenvalue weighted by molar-refractivity contribution is 5.89. The van der Waals surface area contributed by atoms with Gasteiger partial charge in [-0.25, -0.2) is 29.0 Å². The smallest absolute Gasteiger partial charge is 0.429 e. The molecule has 0 aliphatic heterocycles. The predicted octanol–water partition coefficient (Wildman–Crippen LogP) is 3.93. The summed E-state index contributed by atoms with van der Waals surface area (Å²) in [6, 6.07) is 9.60. The number of hydrogen-bond acceptors (Lipinski definition) is 12. The molecule has 0 amide bonds. The highest BCUT2D eigenvalue weighted by Gasteiger charge is 2.15. The molecule has 0 bridgehead atoms. The van der Waals surface area contributed by atoms with Crippen LogP contribution in [0, 0.1) is 27.7 Å². The van der Waals surface area contributed by atoms with E-state index >= 15 is 0 Å². The van der Waals surface area contributed by atoms with Gasteiger partial charge in [0.2, 0.25) is 0 Å². The molecular formula is C22H22O12. The zero-order valence-corrected chi connectivity index (χ0v) is 18.8. The molecule has 2 rings (SSSR count). The number of hydrogen-bond donors (Lipinski definition) is 0. The maximum Gasteiger partial charge on any atom is 0.543 e. The third-order valence-electron chi connectivity index (χ3n) is 4.43. The first-order valence-electron chi connectivity index (χ1n) is 9.76. The molecule has 0 heterocycles. The summed E-state index contributed by atoms with van der Waals surface area (Å²) in [5, 5.41) is 8.12. The molecule has 0 saturated heterocycles. The molecule has 2 aromatic rings. The van der Waals surface area contributed by atoms with Crippen LogP contribution in [-0.2, 0) is 39.1 Å². The van der Waals surface area contributed by atoms with Crippen LogP contribution in [0.4, 0.5) is 9.59 Å². The van der Waals surface area contributed by atoms with Crippen molar-refractivity contribution >= 4 is 24.2 Å². The molecule has 0 fully saturated rings. The Bertz CT molecular complexity index is 963. The standard InChI is InChI=1S/C22H22O12/c1-13-5-7-17(11-15(13)3)19(23)29-33-31-21(25)27-9-10-28-22(26)32-34-30-20(24)18-8-6-14(2)16(4)12-18/h5-8,11-12H,9-10H2,1-4H3. The first kappa shape index (κ1) is 26.1. The number of rotatable bonds is 9. The van der Waals surface area contributed by atoms with Crippen molar-refractivity contribution in [2.24, 2.45) is 0 Å². The molecule has 182 valence electrons. The Hall–Kier alpha value is -4.16. The number of aryl methyl sites for hydroxylation is 4. The van der Waals surface area contributed by atoms with Crippen molar-refractivity contribution in [2.75, 3.05) is 13.2 Å². The largest absolute Gasteiger partial charge is 0.543 e. The topological polar surface area (TPSA) is 142 Å². The van der Waals surface area contributed by atoms with Crippen molar-refractivity contribution in [2.45, 2.75) is 27.7 Å². The molecule has 0 saturated carbocycles. The van der Waals surface area contributed by atoms with Crippen molar-refractivity contribution < 1.29 is 58.3 Å². The van der Waals surface area contributed by atoms with Crippen LogP contribution >= 0.6 is 0 Å². The third-order valence-corrected chi connectivity index (χ3v) is 4.43. The normalized spacial score (nSPS) is 10.1. The summed E-state index contributed by atoms with van der Waals surface area (Å²) in [7, 11) is 0. The lowest BCUT2D eigenvalue weighted by Crippen LogP contribution is -2.17. The minimum absolute atomic E-state index is 0.189. The van der Waals surface area contributed by atoms with Crippen LogP contribution in [0.1, 0.15) is 43.0 Å². The lowest BCUT2D eigenvalue weighted by Gasteiger charge is -2.06.